The van der Waals surface area contributed by atoms with Crippen LogP contribution in [-0.4, -0.2) is 36.6 Å². The van der Waals surface area contributed by atoms with E-state index in [9.17, 15) is 9.59 Å². The maximum absolute atomic E-state index is 11.5. The van der Waals surface area contributed by atoms with E-state index < -0.39 is 18.3 Å². The number of carbonyl (C=O) groups is 2. The van der Waals surface area contributed by atoms with Crippen molar-refractivity contribution in [2.75, 3.05) is 6.54 Å². The minimum absolute atomic E-state index is 0.0405. The highest BCUT2D eigenvalue weighted by atomic mass is 32.1. The smallest absolute Gasteiger partial charge is 0.400 e. The molecule has 0 radical (unpaired) electrons. The van der Waals surface area contributed by atoms with Crippen LogP contribution in [0.5, 0.6) is 0 Å². The molecule has 0 saturated carbocycles. The Bertz CT molecular complexity index is 662. The van der Waals surface area contributed by atoms with Gasteiger partial charge in [-0.25, -0.2) is 0 Å². The van der Waals surface area contributed by atoms with E-state index >= 15 is 0 Å². The van der Waals surface area contributed by atoms with Crippen molar-refractivity contribution in [3.05, 3.63) is 27.4 Å². The highest BCUT2D eigenvalue weighted by Crippen LogP contribution is 2.39. The predicted molar refractivity (Wildman–Crippen MR) is 97.1 cm³/mol. The van der Waals surface area contributed by atoms with Crippen molar-refractivity contribution in [2.24, 2.45) is 0 Å². The Morgan fingerprint density at radius 1 is 1.17 bits per heavy atom. The van der Waals surface area contributed by atoms with Gasteiger partial charge in [0.05, 0.1) is 16.1 Å². The standard InChI is InChI=1S/C17H24BNO4S/c1-11(20)15-8-7-14(24-15)9-13(10-19-12(2)21)18-22-16(3,4)17(5,6)23-18/h7-9H,10H2,1-6H3,(H,19,21). The van der Waals surface area contributed by atoms with Gasteiger partial charge in [-0.2, -0.15) is 0 Å². The summed E-state index contributed by atoms with van der Waals surface area (Å²) in [6, 6.07) is 3.69. The first kappa shape index (κ1) is 18.9. The molecule has 0 aromatic carbocycles. The lowest BCUT2D eigenvalue weighted by atomic mass is 9.77. The molecule has 1 aliphatic rings. The first-order valence-electron chi connectivity index (χ1n) is 7.93. The third-order valence-corrected chi connectivity index (χ3v) is 5.53. The maximum Gasteiger partial charge on any atom is 0.492 e. The summed E-state index contributed by atoms with van der Waals surface area (Å²) in [6.07, 6.45) is 1.93. The van der Waals surface area contributed by atoms with Gasteiger partial charge in [-0.05, 0) is 58.3 Å². The highest BCUT2D eigenvalue weighted by Gasteiger charge is 2.52. The van der Waals surface area contributed by atoms with Crippen molar-refractivity contribution in [2.45, 2.75) is 52.7 Å². The van der Waals surface area contributed by atoms with Crippen molar-refractivity contribution in [3.8, 4) is 0 Å². The molecule has 1 aromatic rings. The normalized spacial score (nSPS) is 19.4. The fourth-order valence-electron chi connectivity index (χ4n) is 2.23. The molecule has 0 aliphatic carbocycles. The Morgan fingerprint density at radius 3 is 2.21 bits per heavy atom. The van der Waals surface area contributed by atoms with Crippen LogP contribution < -0.4 is 5.32 Å². The summed E-state index contributed by atoms with van der Waals surface area (Å²) >= 11 is 1.41. The van der Waals surface area contributed by atoms with E-state index in [4.69, 9.17) is 9.31 Å². The number of amides is 1. The molecule has 24 heavy (non-hydrogen) atoms. The van der Waals surface area contributed by atoms with E-state index in [1.54, 1.807) is 13.0 Å². The molecule has 7 heteroatoms. The van der Waals surface area contributed by atoms with Gasteiger partial charge in [0.15, 0.2) is 5.78 Å². The summed E-state index contributed by atoms with van der Waals surface area (Å²) in [7, 11) is -0.537. The molecule has 1 fully saturated rings. The van der Waals surface area contributed by atoms with E-state index in [-0.39, 0.29) is 11.7 Å². The van der Waals surface area contributed by atoms with Crippen molar-refractivity contribution in [1.82, 2.24) is 5.32 Å². The molecule has 130 valence electrons. The topological polar surface area (TPSA) is 64.6 Å². The third-order valence-electron chi connectivity index (χ3n) is 4.40. The zero-order chi connectivity index (χ0) is 18.1. The lowest BCUT2D eigenvalue weighted by Crippen LogP contribution is -2.41. The Labute approximate surface area is 147 Å². The molecule has 0 spiro atoms. The number of Topliss-reactive ketones (excluding diaryl/α,β-unsaturated/α-hetero) is 1. The van der Waals surface area contributed by atoms with E-state index in [1.807, 2.05) is 39.8 Å². The Balaban J connectivity index is 2.29. The Kier molecular flexibility index (Phi) is 5.37. The van der Waals surface area contributed by atoms with Gasteiger partial charge in [-0.1, -0.05) is 0 Å². The fourth-order valence-corrected chi connectivity index (χ4v) is 3.11. The van der Waals surface area contributed by atoms with Crippen LogP contribution in [0.2, 0.25) is 0 Å². The van der Waals surface area contributed by atoms with E-state index in [0.717, 1.165) is 10.3 Å². The molecule has 1 N–H and O–H groups in total. The Hall–Kier alpha value is -1.44. The van der Waals surface area contributed by atoms with Crippen molar-refractivity contribution in [3.63, 3.8) is 0 Å². The molecule has 1 aromatic heterocycles. The molecule has 2 rings (SSSR count). The zero-order valence-corrected chi connectivity index (χ0v) is 15.9. The number of thiophene rings is 1. The summed E-state index contributed by atoms with van der Waals surface area (Å²) in [5.74, 6) is -0.0771. The average Bonchev–Trinajstić information content (AvgIpc) is 2.97. The SMILES string of the molecule is CC(=O)NCC(=Cc1ccc(C(C)=O)s1)B1OC(C)(C)C(C)(C)O1. The average molecular weight is 349 g/mol. The van der Waals surface area contributed by atoms with Gasteiger partial charge in [0, 0.05) is 18.3 Å². The van der Waals surface area contributed by atoms with Crippen molar-refractivity contribution >= 4 is 36.2 Å². The van der Waals surface area contributed by atoms with Gasteiger partial charge >= 0.3 is 7.12 Å². The minimum atomic E-state index is -0.537. The van der Waals surface area contributed by atoms with Crippen LogP contribution in [0.15, 0.2) is 17.6 Å². The molecule has 0 atom stereocenters. The minimum Gasteiger partial charge on any atom is -0.400 e. The lowest BCUT2D eigenvalue weighted by molar-refractivity contribution is -0.118. The molecule has 1 saturated heterocycles. The summed E-state index contributed by atoms with van der Waals surface area (Å²) in [6.45, 7) is 11.3. The second-order valence-corrected chi connectivity index (χ2v) is 8.09. The van der Waals surface area contributed by atoms with Gasteiger partial charge in [0.1, 0.15) is 0 Å². The quantitative estimate of drug-likeness (QED) is 0.655. The fraction of sp³-hybridized carbons (Fsp3) is 0.529. The van der Waals surface area contributed by atoms with E-state index in [0.29, 0.717) is 11.4 Å². The van der Waals surface area contributed by atoms with Gasteiger partial charge < -0.3 is 14.6 Å². The van der Waals surface area contributed by atoms with Crippen LogP contribution in [0.25, 0.3) is 6.08 Å². The van der Waals surface area contributed by atoms with Gasteiger partial charge in [0.25, 0.3) is 0 Å². The summed E-state index contributed by atoms with van der Waals surface area (Å²) in [5.41, 5.74) is -0.0826. The van der Waals surface area contributed by atoms with Crippen molar-refractivity contribution < 1.29 is 18.9 Å². The molecule has 0 unspecified atom stereocenters. The van der Waals surface area contributed by atoms with Crippen LogP contribution in [0, 0.1) is 0 Å². The van der Waals surface area contributed by atoms with Crippen LogP contribution in [0.3, 0.4) is 0 Å². The number of nitrogens with one attached hydrogen (secondary N) is 1. The lowest BCUT2D eigenvalue weighted by Gasteiger charge is -2.32. The van der Waals surface area contributed by atoms with Crippen LogP contribution in [0.4, 0.5) is 0 Å². The summed E-state index contributed by atoms with van der Waals surface area (Å²) < 4.78 is 12.2. The number of ketones is 1. The monoisotopic (exact) mass is 349 g/mol. The first-order chi connectivity index (χ1) is 11.0. The second-order valence-electron chi connectivity index (χ2n) is 6.98. The molecule has 2 heterocycles. The molecule has 0 bridgehead atoms. The van der Waals surface area contributed by atoms with Crippen LogP contribution in [-0.2, 0) is 14.1 Å². The number of hydrogen-bond donors (Lipinski definition) is 1. The molecular weight excluding hydrogens is 325 g/mol. The van der Waals surface area contributed by atoms with Gasteiger partial charge in [-0.3, -0.25) is 9.59 Å². The van der Waals surface area contributed by atoms with Gasteiger partial charge in [-0.15, -0.1) is 11.3 Å². The number of rotatable bonds is 5. The molecular formula is C17H24BNO4S. The predicted octanol–water partition coefficient (Wildman–Crippen LogP) is 3.10. The third kappa shape index (κ3) is 4.15. The summed E-state index contributed by atoms with van der Waals surface area (Å²) in [4.78, 5) is 24.4. The first-order valence-corrected chi connectivity index (χ1v) is 8.75. The molecule has 1 amide bonds. The number of carbonyl (C=O) groups excluding carboxylic acids is 2. The Morgan fingerprint density at radius 2 is 1.75 bits per heavy atom. The van der Waals surface area contributed by atoms with E-state index in [2.05, 4.69) is 5.32 Å². The van der Waals surface area contributed by atoms with Crippen LogP contribution >= 0.6 is 11.3 Å². The second kappa shape index (κ2) is 6.82. The molecule has 5 nitrogen and oxygen atoms in total. The highest BCUT2D eigenvalue weighted by molar-refractivity contribution is 7.14. The largest absolute Gasteiger partial charge is 0.492 e. The number of hydrogen-bond acceptors (Lipinski definition) is 5. The van der Waals surface area contributed by atoms with Crippen molar-refractivity contribution in [1.29, 1.82) is 0 Å². The zero-order valence-electron chi connectivity index (χ0n) is 15.1. The maximum atomic E-state index is 11.5. The van der Waals surface area contributed by atoms with Gasteiger partial charge in [0.2, 0.25) is 5.91 Å². The van der Waals surface area contributed by atoms with E-state index in [1.165, 1.54) is 18.3 Å². The van der Waals surface area contributed by atoms with Crippen LogP contribution in [0.1, 0.15) is 56.1 Å². The molecule has 1 aliphatic heterocycles. The summed E-state index contributed by atoms with van der Waals surface area (Å²) in [5, 5.41) is 2.80.